The van der Waals surface area contributed by atoms with Gasteiger partial charge >= 0.3 is 0 Å². The second kappa shape index (κ2) is 4.97. The Labute approximate surface area is 118 Å². The number of nitrogens with zero attached hydrogens (tertiary/aromatic N) is 2. The maximum absolute atomic E-state index is 13.0. The van der Waals surface area contributed by atoms with Crippen LogP contribution in [0, 0.1) is 5.82 Å². The van der Waals surface area contributed by atoms with E-state index in [9.17, 15) is 4.39 Å². The number of hydrogen-bond acceptors (Lipinski definition) is 5. The number of anilines is 2. The van der Waals surface area contributed by atoms with Crippen molar-refractivity contribution in [3.63, 3.8) is 0 Å². The van der Waals surface area contributed by atoms with E-state index in [1.165, 1.54) is 12.1 Å². The van der Waals surface area contributed by atoms with E-state index in [-0.39, 0.29) is 5.82 Å². The molecule has 0 aliphatic carbocycles. The van der Waals surface area contributed by atoms with Crippen molar-refractivity contribution >= 4 is 34.0 Å². The lowest BCUT2D eigenvalue weighted by Crippen LogP contribution is -2.03. The lowest BCUT2D eigenvalue weighted by Gasteiger charge is -2.10. The summed E-state index contributed by atoms with van der Waals surface area (Å²) in [6.45, 7) is 0.417. The molecule has 0 bridgehead atoms. The summed E-state index contributed by atoms with van der Waals surface area (Å²) in [4.78, 5) is 0. The van der Waals surface area contributed by atoms with Crippen LogP contribution in [0.5, 0.6) is 0 Å². The van der Waals surface area contributed by atoms with Gasteiger partial charge < -0.3 is 11.1 Å². The minimum atomic E-state index is -0.367. The van der Waals surface area contributed by atoms with Crippen LogP contribution in [-0.4, -0.2) is 10.3 Å². The van der Waals surface area contributed by atoms with E-state index in [2.05, 4.69) is 20.3 Å². The Kier molecular flexibility index (Phi) is 3.15. The fraction of sp³-hybridized carbons (Fsp3) is 0.0769. The molecule has 5 nitrogen and oxygen atoms in total. The highest BCUT2D eigenvalue weighted by Crippen LogP contribution is 2.27. The monoisotopic (exact) mass is 292 g/mol. The molecule has 0 aliphatic heterocycles. The first-order valence-corrected chi connectivity index (χ1v) is 6.21. The summed E-state index contributed by atoms with van der Waals surface area (Å²) in [7, 11) is 0. The zero-order chi connectivity index (χ0) is 14.1. The van der Waals surface area contributed by atoms with Crippen molar-refractivity contribution in [1.82, 2.24) is 10.3 Å². The molecule has 3 N–H and O–H groups in total. The maximum Gasteiger partial charge on any atom is 0.160 e. The molecule has 3 rings (SSSR count). The fourth-order valence-electron chi connectivity index (χ4n) is 1.88. The Balaban J connectivity index is 1.84. The predicted octanol–water partition coefficient (Wildman–Crippen LogP) is 3.21. The van der Waals surface area contributed by atoms with Gasteiger partial charge in [-0.05, 0) is 40.1 Å². The van der Waals surface area contributed by atoms with Crippen molar-refractivity contribution in [3.8, 4) is 0 Å². The van der Waals surface area contributed by atoms with Crippen LogP contribution in [-0.2, 0) is 6.54 Å². The second-order valence-corrected chi connectivity index (χ2v) is 4.66. The lowest BCUT2D eigenvalue weighted by molar-refractivity contribution is 0.315. The number of aromatic nitrogens is 2. The molecular formula is C13H10ClFN4O. The van der Waals surface area contributed by atoms with Crippen molar-refractivity contribution in [1.29, 1.82) is 0 Å². The third kappa shape index (κ3) is 2.25. The third-order valence-corrected chi connectivity index (χ3v) is 3.30. The van der Waals surface area contributed by atoms with Gasteiger partial charge in [-0.3, -0.25) is 0 Å². The molecule has 2 aromatic carbocycles. The first-order valence-electron chi connectivity index (χ1n) is 5.83. The van der Waals surface area contributed by atoms with Gasteiger partial charge in [0.25, 0.3) is 0 Å². The Morgan fingerprint density at radius 3 is 2.90 bits per heavy atom. The fourth-order valence-corrected chi connectivity index (χ4v) is 2.12. The molecule has 0 saturated heterocycles. The average Bonchev–Trinajstić information content (AvgIpc) is 2.89. The van der Waals surface area contributed by atoms with Crippen LogP contribution in [0.2, 0.25) is 5.02 Å². The highest BCUT2D eigenvalue weighted by molar-refractivity contribution is 6.31. The molecular weight excluding hydrogens is 283 g/mol. The predicted molar refractivity (Wildman–Crippen MR) is 75.0 cm³/mol. The van der Waals surface area contributed by atoms with Crippen LogP contribution < -0.4 is 11.1 Å². The van der Waals surface area contributed by atoms with Crippen LogP contribution in [0.25, 0.3) is 11.0 Å². The number of benzene rings is 2. The van der Waals surface area contributed by atoms with Gasteiger partial charge in [0.2, 0.25) is 0 Å². The molecule has 0 amide bonds. The first kappa shape index (κ1) is 12.7. The third-order valence-electron chi connectivity index (χ3n) is 2.95. The highest BCUT2D eigenvalue weighted by Gasteiger charge is 2.09. The van der Waals surface area contributed by atoms with Crippen LogP contribution in [0.15, 0.2) is 35.0 Å². The number of nitrogen functional groups attached to an aromatic ring is 1. The van der Waals surface area contributed by atoms with E-state index >= 15 is 0 Å². The number of nitrogens with one attached hydrogen (secondary N) is 1. The van der Waals surface area contributed by atoms with Crippen LogP contribution in [0.3, 0.4) is 0 Å². The molecule has 20 heavy (non-hydrogen) atoms. The zero-order valence-electron chi connectivity index (χ0n) is 10.2. The maximum atomic E-state index is 13.0. The van der Waals surface area contributed by atoms with Crippen molar-refractivity contribution in [2.45, 2.75) is 6.54 Å². The van der Waals surface area contributed by atoms with E-state index in [4.69, 9.17) is 17.3 Å². The molecule has 7 heteroatoms. The number of rotatable bonds is 3. The zero-order valence-corrected chi connectivity index (χ0v) is 11.0. The van der Waals surface area contributed by atoms with Gasteiger partial charge in [-0.2, -0.15) is 0 Å². The van der Waals surface area contributed by atoms with Crippen molar-refractivity contribution in [2.24, 2.45) is 0 Å². The summed E-state index contributed by atoms with van der Waals surface area (Å²) in [6, 6.07) is 7.77. The van der Waals surface area contributed by atoms with Gasteiger partial charge in [0, 0.05) is 11.6 Å². The van der Waals surface area contributed by atoms with Crippen molar-refractivity contribution in [3.05, 3.63) is 46.7 Å². The molecule has 102 valence electrons. The van der Waals surface area contributed by atoms with Crippen LogP contribution >= 0.6 is 11.6 Å². The van der Waals surface area contributed by atoms with Gasteiger partial charge in [-0.1, -0.05) is 17.7 Å². The molecule has 1 heterocycles. The smallest absolute Gasteiger partial charge is 0.160 e. The Bertz CT molecular complexity index is 774. The SMILES string of the molecule is Nc1c(NCc2ccc(F)cc2Cl)ccc2nonc12. The average molecular weight is 293 g/mol. The van der Waals surface area contributed by atoms with Gasteiger partial charge in [0.1, 0.15) is 11.3 Å². The summed E-state index contributed by atoms with van der Waals surface area (Å²) < 4.78 is 17.6. The molecule has 0 atom stereocenters. The molecule has 0 aliphatic rings. The number of nitrogens with two attached hydrogens (primary N) is 1. The van der Waals surface area contributed by atoms with Gasteiger partial charge in [-0.25, -0.2) is 9.02 Å². The highest BCUT2D eigenvalue weighted by atomic mass is 35.5. The summed E-state index contributed by atoms with van der Waals surface area (Å²) >= 11 is 5.96. The largest absolute Gasteiger partial charge is 0.395 e. The Hall–Kier alpha value is -2.34. The molecule has 0 spiro atoms. The first-order chi connectivity index (χ1) is 9.65. The topological polar surface area (TPSA) is 77.0 Å². The van der Waals surface area contributed by atoms with Crippen LogP contribution in [0.1, 0.15) is 5.56 Å². The van der Waals surface area contributed by atoms with E-state index < -0.39 is 0 Å². The normalized spacial score (nSPS) is 10.9. The van der Waals surface area contributed by atoms with Crippen molar-refractivity contribution < 1.29 is 9.02 Å². The van der Waals surface area contributed by atoms with Crippen LogP contribution in [0.4, 0.5) is 15.8 Å². The standard InChI is InChI=1S/C13H10ClFN4O/c14-9-5-8(15)2-1-7(9)6-17-10-3-4-11-13(12(10)16)19-20-18-11/h1-5,17H,6,16H2. The molecule has 3 aromatic rings. The number of halogens is 2. The Morgan fingerprint density at radius 1 is 1.25 bits per heavy atom. The quantitative estimate of drug-likeness (QED) is 0.725. The number of hydrogen-bond donors (Lipinski definition) is 2. The minimum absolute atomic E-state index is 0.361. The van der Waals surface area contributed by atoms with E-state index in [0.29, 0.717) is 34.0 Å². The molecule has 0 unspecified atom stereocenters. The minimum Gasteiger partial charge on any atom is -0.395 e. The van der Waals surface area contributed by atoms with Gasteiger partial charge in [-0.15, -0.1) is 0 Å². The number of fused-ring (bicyclic) bond motifs is 1. The molecule has 0 radical (unpaired) electrons. The molecule has 0 saturated carbocycles. The van der Waals surface area contributed by atoms with E-state index in [1.807, 2.05) is 0 Å². The van der Waals surface area contributed by atoms with E-state index in [0.717, 1.165) is 5.56 Å². The van der Waals surface area contributed by atoms with Crippen molar-refractivity contribution in [2.75, 3.05) is 11.1 Å². The van der Waals surface area contributed by atoms with Gasteiger partial charge in [0.05, 0.1) is 11.4 Å². The second-order valence-electron chi connectivity index (χ2n) is 4.25. The Morgan fingerprint density at radius 2 is 2.10 bits per heavy atom. The summed E-state index contributed by atoms with van der Waals surface area (Å²) in [5.41, 5.74) is 8.97. The van der Waals surface area contributed by atoms with Gasteiger partial charge in [0.15, 0.2) is 5.52 Å². The van der Waals surface area contributed by atoms with E-state index in [1.54, 1.807) is 18.2 Å². The summed E-state index contributed by atoms with van der Waals surface area (Å²) in [5, 5.41) is 10.9. The molecule has 0 fully saturated rings. The summed E-state index contributed by atoms with van der Waals surface area (Å²) in [6.07, 6.45) is 0. The lowest BCUT2D eigenvalue weighted by atomic mass is 10.2. The molecule has 1 aromatic heterocycles. The summed E-state index contributed by atoms with van der Waals surface area (Å²) in [5.74, 6) is -0.367.